The van der Waals surface area contributed by atoms with Gasteiger partial charge in [-0.2, -0.15) is 5.26 Å². The Morgan fingerprint density at radius 3 is 2.47 bits per heavy atom. The van der Waals surface area contributed by atoms with Crippen LogP contribution in [0.25, 0.3) is 0 Å². The molecule has 1 atom stereocenters. The number of nitrogens with zero attached hydrogens (tertiary/aromatic N) is 1. The molecule has 1 unspecified atom stereocenters. The van der Waals surface area contributed by atoms with Crippen LogP contribution < -0.4 is 0 Å². The van der Waals surface area contributed by atoms with Crippen LogP contribution in [0.15, 0.2) is 24.3 Å². The minimum atomic E-state index is -3.74. The fraction of sp³-hybridized carbons (Fsp3) is 0.417. The average Bonchev–Trinajstić information content (AvgIpc) is 2.36. The number of nitriles is 1. The highest BCUT2D eigenvalue weighted by atomic mass is 35.5. The van der Waals surface area contributed by atoms with E-state index in [4.69, 9.17) is 30.4 Å². The molecule has 1 aromatic rings. The number of benzene rings is 1. The Kier molecular flexibility index (Phi) is 6.50. The van der Waals surface area contributed by atoms with Crippen LogP contribution >= 0.6 is 19.4 Å². The number of hydrogen-bond acceptors (Lipinski definition) is 5. The Bertz CT molecular complexity index is 493. The largest absolute Gasteiger partial charge is 0.476 e. The van der Waals surface area contributed by atoms with Gasteiger partial charge in [0.2, 0.25) is 0 Å². The second kappa shape index (κ2) is 7.64. The molecule has 104 valence electrons. The van der Waals surface area contributed by atoms with Gasteiger partial charge in [0.15, 0.2) is 6.10 Å². The van der Waals surface area contributed by atoms with Crippen LogP contribution in [-0.4, -0.2) is 13.2 Å². The van der Waals surface area contributed by atoms with Gasteiger partial charge in [-0.15, -0.1) is 0 Å². The van der Waals surface area contributed by atoms with E-state index in [1.807, 2.05) is 6.07 Å². The molecular weight excluding hydrogens is 289 g/mol. The summed E-state index contributed by atoms with van der Waals surface area (Å²) < 4.78 is 27.4. The van der Waals surface area contributed by atoms with E-state index in [9.17, 15) is 4.57 Å². The Hall–Kier alpha value is -0.890. The summed E-state index contributed by atoms with van der Waals surface area (Å²) in [5, 5.41) is 9.58. The lowest BCUT2D eigenvalue weighted by molar-refractivity contribution is 0.103. The summed E-state index contributed by atoms with van der Waals surface area (Å²) in [5.41, 5.74) is 0.495. The fourth-order valence-corrected chi connectivity index (χ4v) is 2.83. The SMILES string of the molecule is CCOP(=O)(OCC)OC(C#N)c1cccc(Cl)c1. The van der Waals surface area contributed by atoms with Crippen LogP contribution in [0.5, 0.6) is 0 Å². The maximum atomic E-state index is 12.2. The van der Waals surface area contributed by atoms with Crippen LogP contribution in [0, 0.1) is 11.3 Å². The third-order valence-electron chi connectivity index (χ3n) is 2.08. The van der Waals surface area contributed by atoms with Gasteiger partial charge in [0.25, 0.3) is 0 Å². The van der Waals surface area contributed by atoms with Crippen molar-refractivity contribution in [1.29, 1.82) is 5.26 Å². The molecule has 0 radical (unpaired) electrons. The lowest BCUT2D eigenvalue weighted by atomic mass is 10.1. The van der Waals surface area contributed by atoms with E-state index in [1.165, 1.54) is 0 Å². The first kappa shape index (κ1) is 16.2. The molecule has 0 bridgehead atoms. The van der Waals surface area contributed by atoms with Crippen molar-refractivity contribution in [2.45, 2.75) is 20.0 Å². The van der Waals surface area contributed by atoms with Crippen LogP contribution in [-0.2, 0) is 18.1 Å². The molecule has 0 spiro atoms. The van der Waals surface area contributed by atoms with Gasteiger partial charge in [-0.3, -0.25) is 13.6 Å². The van der Waals surface area contributed by atoms with Gasteiger partial charge in [-0.1, -0.05) is 23.7 Å². The zero-order chi connectivity index (χ0) is 14.3. The van der Waals surface area contributed by atoms with Crippen molar-refractivity contribution in [3.63, 3.8) is 0 Å². The van der Waals surface area contributed by atoms with Crippen LogP contribution in [0.1, 0.15) is 25.5 Å². The number of halogens is 1. The molecule has 0 fully saturated rings. The first-order chi connectivity index (χ1) is 9.04. The normalized spacial score (nSPS) is 12.9. The third kappa shape index (κ3) is 4.94. The zero-order valence-electron chi connectivity index (χ0n) is 10.7. The predicted molar refractivity (Wildman–Crippen MR) is 71.7 cm³/mol. The molecule has 0 N–H and O–H groups in total. The quantitative estimate of drug-likeness (QED) is 0.709. The molecule has 1 aromatic carbocycles. The van der Waals surface area contributed by atoms with Crippen molar-refractivity contribution in [3.8, 4) is 6.07 Å². The molecule has 0 aromatic heterocycles. The smallest absolute Gasteiger partial charge is 0.287 e. The molecule has 0 saturated heterocycles. The molecule has 7 heteroatoms. The summed E-state index contributed by atoms with van der Waals surface area (Å²) in [6, 6.07) is 8.48. The van der Waals surface area contributed by atoms with Gasteiger partial charge in [0.1, 0.15) is 0 Å². The summed E-state index contributed by atoms with van der Waals surface area (Å²) in [5.74, 6) is 0. The van der Waals surface area contributed by atoms with Crippen molar-refractivity contribution < 1.29 is 18.1 Å². The highest BCUT2D eigenvalue weighted by Crippen LogP contribution is 2.52. The molecule has 5 nitrogen and oxygen atoms in total. The Morgan fingerprint density at radius 2 is 2.00 bits per heavy atom. The first-order valence-electron chi connectivity index (χ1n) is 5.77. The lowest BCUT2D eigenvalue weighted by Crippen LogP contribution is -2.05. The maximum absolute atomic E-state index is 12.2. The summed E-state index contributed by atoms with van der Waals surface area (Å²) in [6.07, 6.45) is -1.07. The van der Waals surface area contributed by atoms with E-state index >= 15 is 0 Å². The Morgan fingerprint density at radius 1 is 1.37 bits per heavy atom. The summed E-state index contributed by atoms with van der Waals surface area (Å²) in [7, 11) is -3.74. The molecule has 1 rings (SSSR count). The van der Waals surface area contributed by atoms with Crippen molar-refractivity contribution in [1.82, 2.24) is 0 Å². The highest BCUT2D eigenvalue weighted by molar-refractivity contribution is 7.48. The van der Waals surface area contributed by atoms with Crippen molar-refractivity contribution in [2.24, 2.45) is 0 Å². The van der Waals surface area contributed by atoms with Gasteiger partial charge in [-0.25, -0.2) is 4.57 Å². The van der Waals surface area contributed by atoms with Crippen LogP contribution in [0.4, 0.5) is 0 Å². The van der Waals surface area contributed by atoms with E-state index in [2.05, 4.69) is 0 Å². The van der Waals surface area contributed by atoms with Crippen LogP contribution in [0.3, 0.4) is 0 Å². The minimum absolute atomic E-state index is 0.158. The number of rotatable bonds is 7. The molecule has 0 amide bonds. The number of phosphoric ester groups is 1. The van der Waals surface area contributed by atoms with E-state index < -0.39 is 13.9 Å². The molecule has 0 aliphatic heterocycles. The topological polar surface area (TPSA) is 68.6 Å². The monoisotopic (exact) mass is 303 g/mol. The van der Waals surface area contributed by atoms with Gasteiger partial charge in [0.05, 0.1) is 19.3 Å². The second-order valence-corrected chi connectivity index (χ2v) is 5.51. The first-order valence-corrected chi connectivity index (χ1v) is 7.61. The molecule has 19 heavy (non-hydrogen) atoms. The standard InChI is InChI=1S/C12H15ClNO4P/c1-3-16-19(15,17-4-2)18-12(9-14)10-6-5-7-11(13)8-10/h5-8,12H,3-4H2,1-2H3. The molecule has 0 aliphatic carbocycles. The predicted octanol–water partition coefficient (Wildman–Crippen LogP) is 4.10. The molecule has 0 saturated carbocycles. The zero-order valence-corrected chi connectivity index (χ0v) is 12.4. The maximum Gasteiger partial charge on any atom is 0.476 e. The van der Waals surface area contributed by atoms with Crippen molar-refractivity contribution >= 4 is 19.4 Å². The summed E-state index contributed by atoms with van der Waals surface area (Å²) in [4.78, 5) is 0. The van der Waals surface area contributed by atoms with Crippen molar-refractivity contribution in [3.05, 3.63) is 34.9 Å². The molecular formula is C12H15ClNO4P. The number of hydrogen-bond donors (Lipinski definition) is 0. The van der Waals surface area contributed by atoms with Gasteiger partial charge in [0, 0.05) is 5.02 Å². The average molecular weight is 304 g/mol. The molecule has 0 heterocycles. The van der Waals surface area contributed by atoms with Gasteiger partial charge in [-0.05, 0) is 31.5 Å². The van der Waals surface area contributed by atoms with E-state index in [1.54, 1.807) is 38.1 Å². The van der Waals surface area contributed by atoms with Gasteiger partial charge < -0.3 is 0 Å². The van der Waals surface area contributed by atoms with E-state index in [-0.39, 0.29) is 13.2 Å². The molecule has 0 aliphatic rings. The number of phosphoric acid groups is 1. The van der Waals surface area contributed by atoms with E-state index in [0.717, 1.165) is 0 Å². The third-order valence-corrected chi connectivity index (χ3v) is 3.93. The van der Waals surface area contributed by atoms with Gasteiger partial charge >= 0.3 is 7.82 Å². The van der Waals surface area contributed by atoms with E-state index in [0.29, 0.717) is 10.6 Å². The Balaban J connectivity index is 2.92. The van der Waals surface area contributed by atoms with Crippen LogP contribution in [0.2, 0.25) is 5.02 Å². The second-order valence-electron chi connectivity index (χ2n) is 3.45. The Labute approximate surface area is 117 Å². The lowest BCUT2D eigenvalue weighted by Gasteiger charge is -2.19. The summed E-state index contributed by atoms with van der Waals surface area (Å²) in [6.45, 7) is 3.64. The minimum Gasteiger partial charge on any atom is -0.287 e. The fourth-order valence-electron chi connectivity index (χ4n) is 1.37. The van der Waals surface area contributed by atoms with Crippen molar-refractivity contribution in [2.75, 3.05) is 13.2 Å². The highest BCUT2D eigenvalue weighted by Gasteiger charge is 2.31. The summed E-state index contributed by atoms with van der Waals surface area (Å²) >= 11 is 5.84.